The topological polar surface area (TPSA) is 47.1 Å². The van der Waals surface area contributed by atoms with Crippen LogP contribution >= 0.6 is 0 Å². The molecule has 1 aliphatic rings. The number of halogens is 4. The Morgan fingerprint density at radius 1 is 1.15 bits per heavy atom. The highest BCUT2D eigenvalue weighted by atomic mass is 19.4. The van der Waals surface area contributed by atoms with Crippen LogP contribution in [0.1, 0.15) is 41.8 Å². The standard InChI is InChI=1S/C19H16F4N2O2/c1-26-17(18-24-14-6-5-12(20)9-15(14)25-18)11-4-7-16(27-19(21,22)23)13(8-11)10-2-3-10/h4-10,17H,2-3H2,1H3,(H,24,25). The lowest BCUT2D eigenvalue weighted by molar-refractivity contribution is -0.274. The summed E-state index contributed by atoms with van der Waals surface area (Å²) in [5.41, 5.74) is 2.25. The van der Waals surface area contributed by atoms with E-state index in [4.69, 9.17) is 4.74 Å². The number of H-pyrrole nitrogens is 1. The second kappa shape index (κ2) is 6.53. The number of hydrogen-bond acceptors (Lipinski definition) is 3. The smallest absolute Gasteiger partial charge is 0.405 e. The summed E-state index contributed by atoms with van der Waals surface area (Å²) in [7, 11) is 1.48. The molecule has 0 amide bonds. The maximum Gasteiger partial charge on any atom is 0.573 e. The van der Waals surface area contributed by atoms with Crippen LogP contribution in [0.2, 0.25) is 0 Å². The van der Waals surface area contributed by atoms with Gasteiger partial charge < -0.3 is 14.5 Å². The molecule has 4 nitrogen and oxygen atoms in total. The fourth-order valence-electron chi connectivity index (χ4n) is 3.19. The Labute approximate surface area is 152 Å². The molecule has 1 fully saturated rings. The SMILES string of the molecule is COC(c1ccc(OC(F)(F)F)c(C2CC2)c1)c1nc2cc(F)ccc2[nH]1. The summed E-state index contributed by atoms with van der Waals surface area (Å²) >= 11 is 0. The molecule has 0 radical (unpaired) electrons. The molecular weight excluding hydrogens is 364 g/mol. The predicted octanol–water partition coefficient (Wildman–Crippen LogP) is 5.21. The van der Waals surface area contributed by atoms with Gasteiger partial charge in [0.1, 0.15) is 23.5 Å². The molecule has 1 saturated carbocycles. The van der Waals surface area contributed by atoms with Gasteiger partial charge in [0, 0.05) is 13.2 Å². The van der Waals surface area contributed by atoms with Gasteiger partial charge in [0.25, 0.3) is 0 Å². The molecule has 1 N–H and O–H groups in total. The number of imidazole rings is 1. The molecule has 4 rings (SSSR count). The van der Waals surface area contributed by atoms with Crippen molar-refractivity contribution in [3.8, 4) is 5.75 Å². The molecular formula is C19H16F4N2O2. The third-order valence-electron chi connectivity index (χ3n) is 4.53. The lowest BCUT2D eigenvalue weighted by Gasteiger charge is -2.18. The molecule has 142 valence electrons. The van der Waals surface area contributed by atoms with Gasteiger partial charge in [0.2, 0.25) is 0 Å². The average Bonchev–Trinajstić information content (AvgIpc) is 3.35. The predicted molar refractivity (Wildman–Crippen MR) is 90.0 cm³/mol. The van der Waals surface area contributed by atoms with Gasteiger partial charge in [0.05, 0.1) is 11.0 Å². The van der Waals surface area contributed by atoms with Crippen molar-refractivity contribution in [1.29, 1.82) is 0 Å². The first-order chi connectivity index (χ1) is 12.8. The first-order valence-electron chi connectivity index (χ1n) is 8.41. The Hall–Kier alpha value is -2.61. The molecule has 0 bridgehead atoms. The molecule has 1 unspecified atom stereocenters. The van der Waals surface area contributed by atoms with Gasteiger partial charge in [-0.15, -0.1) is 13.2 Å². The lowest BCUT2D eigenvalue weighted by atomic mass is 10.0. The molecule has 1 aliphatic carbocycles. The van der Waals surface area contributed by atoms with E-state index in [0.29, 0.717) is 28.0 Å². The third kappa shape index (κ3) is 3.75. The van der Waals surface area contributed by atoms with E-state index in [-0.39, 0.29) is 11.7 Å². The fraction of sp³-hybridized carbons (Fsp3) is 0.316. The minimum atomic E-state index is -4.74. The minimum Gasteiger partial charge on any atom is -0.405 e. The molecule has 8 heteroatoms. The van der Waals surface area contributed by atoms with Crippen molar-refractivity contribution in [2.24, 2.45) is 0 Å². The van der Waals surface area contributed by atoms with Crippen LogP contribution in [0, 0.1) is 5.82 Å². The average molecular weight is 380 g/mol. The lowest BCUT2D eigenvalue weighted by Crippen LogP contribution is -2.18. The number of aromatic nitrogens is 2. The number of alkyl halides is 3. The molecule has 0 spiro atoms. The third-order valence-corrected chi connectivity index (χ3v) is 4.53. The van der Waals surface area contributed by atoms with E-state index in [1.165, 1.54) is 31.4 Å². The quantitative estimate of drug-likeness (QED) is 0.618. The Kier molecular flexibility index (Phi) is 4.30. The first-order valence-corrected chi connectivity index (χ1v) is 8.41. The Morgan fingerprint density at radius 2 is 1.93 bits per heavy atom. The monoisotopic (exact) mass is 380 g/mol. The minimum absolute atomic E-state index is 0.0459. The van der Waals surface area contributed by atoms with Crippen LogP contribution in [0.3, 0.4) is 0 Å². The molecule has 2 aromatic carbocycles. The molecule has 1 atom stereocenters. The second-order valence-electron chi connectivity index (χ2n) is 6.52. The van der Waals surface area contributed by atoms with E-state index in [1.54, 1.807) is 12.1 Å². The highest BCUT2D eigenvalue weighted by Crippen LogP contribution is 2.46. The van der Waals surface area contributed by atoms with Crippen molar-refractivity contribution >= 4 is 11.0 Å². The summed E-state index contributed by atoms with van der Waals surface area (Å²) < 4.78 is 61.0. The van der Waals surface area contributed by atoms with E-state index >= 15 is 0 Å². The van der Waals surface area contributed by atoms with Crippen molar-refractivity contribution in [2.45, 2.75) is 31.2 Å². The van der Waals surface area contributed by atoms with Crippen LogP contribution in [0.25, 0.3) is 11.0 Å². The van der Waals surface area contributed by atoms with Crippen LogP contribution in [0.15, 0.2) is 36.4 Å². The van der Waals surface area contributed by atoms with Gasteiger partial charge in [-0.25, -0.2) is 9.37 Å². The molecule has 27 heavy (non-hydrogen) atoms. The van der Waals surface area contributed by atoms with E-state index in [1.807, 2.05) is 0 Å². The number of nitrogens with zero attached hydrogens (tertiary/aromatic N) is 1. The van der Waals surface area contributed by atoms with E-state index < -0.39 is 18.3 Å². The van der Waals surface area contributed by atoms with Crippen molar-refractivity contribution in [2.75, 3.05) is 7.11 Å². The first kappa shape index (κ1) is 17.8. The van der Waals surface area contributed by atoms with Gasteiger partial charge in [0.15, 0.2) is 0 Å². The zero-order chi connectivity index (χ0) is 19.2. The van der Waals surface area contributed by atoms with Crippen molar-refractivity contribution in [3.05, 3.63) is 59.2 Å². The summed E-state index contributed by atoms with van der Waals surface area (Å²) in [6.45, 7) is 0. The van der Waals surface area contributed by atoms with Gasteiger partial charge in [-0.3, -0.25) is 0 Å². The van der Waals surface area contributed by atoms with Crippen LogP contribution in [0.5, 0.6) is 5.75 Å². The highest BCUT2D eigenvalue weighted by Gasteiger charge is 2.35. The highest BCUT2D eigenvalue weighted by molar-refractivity contribution is 5.75. The van der Waals surface area contributed by atoms with Gasteiger partial charge in [-0.05, 0) is 54.2 Å². The summed E-state index contributed by atoms with van der Waals surface area (Å²) in [6.07, 6.45) is -3.73. The fourth-order valence-corrected chi connectivity index (χ4v) is 3.19. The van der Waals surface area contributed by atoms with Crippen molar-refractivity contribution < 1.29 is 27.0 Å². The summed E-state index contributed by atoms with van der Waals surface area (Å²) in [6, 6.07) is 8.70. The molecule has 1 heterocycles. The van der Waals surface area contributed by atoms with Crippen LogP contribution in [-0.4, -0.2) is 23.4 Å². The Morgan fingerprint density at radius 3 is 2.59 bits per heavy atom. The zero-order valence-electron chi connectivity index (χ0n) is 14.3. The zero-order valence-corrected chi connectivity index (χ0v) is 14.3. The number of hydrogen-bond donors (Lipinski definition) is 1. The Balaban J connectivity index is 1.72. The summed E-state index contributed by atoms with van der Waals surface area (Å²) in [4.78, 5) is 7.44. The largest absolute Gasteiger partial charge is 0.573 e. The van der Waals surface area contributed by atoms with E-state index in [2.05, 4.69) is 14.7 Å². The second-order valence-corrected chi connectivity index (χ2v) is 6.52. The number of aromatic amines is 1. The number of nitrogens with one attached hydrogen (secondary N) is 1. The molecule has 0 aliphatic heterocycles. The van der Waals surface area contributed by atoms with Gasteiger partial charge in [-0.1, -0.05) is 6.07 Å². The van der Waals surface area contributed by atoms with E-state index in [9.17, 15) is 17.6 Å². The van der Waals surface area contributed by atoms with Crippen molar-refractivity contribution in [1.82, 2.24) is 9.97 Å². The van der Waals surface area contributed by atoms with Crippen LogP contribution in [-0.2, 0) is 4.74 Å². The number of benzene rings is 2. The van der Waals surface area contributed by atoms with Crippen LogP contribution in [0.4, 0.5) is 17.6 Å². The molecule has 3 aromatic rings. The van der Waals surface area contributed by atoms with Gasteiger partial charge in [-0.2, -0.15) is 0 Å². The van der Waals surface area contributed by atoms with Gasteiger partial charge >= 0.3 is 6.36 Å². The molecule has 1 aromatic heterocycles. The summed E-state index contributed by atoms with van der Waals surface area (Å²) in [5.74, 6) is -0.0941. The number of rotatable bonds is 5. The van der Waals surface area contributed by atoms with E-state index in [0.717, 1.165) is 12.8 Å². The van der Waals surface area contributed by atoms with Crippen LogP contribution < -0.4 is 4.74 Å². The maximum absolute atomic E-state index is 13.4. The van der Waals surface area contributed by atoms with Crippen molar-refractivity contribution in [3.63, 3.8) is 0 Å². The maximum atomic E-state index is 13.4. The number of fused-ring (bicyclic) bond motifs is 1. The molecule has 0 saturated heterocycles. The Bertz CT molecular complexity index is 979. The normalized spacial score (nSPS) is 15.9. The summed E-state index contributed by atoms with van der Waals surface area (Å²) in [5, 5.41) is 0. The number of methoxy groups -OCH3 is 1. The number of ether oxygens (including phenoxy) is 2.